The van der Waals surface area contributed by atoms with Crippen LogP contribution in [0.4, 0.5) is 27.8 Å². The van der Waals surface area contributed by atoms with Crippen molar-refractivity contribution in [2.45, 2.75) is 26.4 Å². The van der Waals surface area contributed by atoms with Gasteiger partial charge in [-0.15, -0.1) is 0 Å². The molecule has 4 rings (SSSR count). The number of esters is 1. The summed E-state index contributed by atoms with van der Waals surface area (Å²) in [6, 6.07) is 10.5. The third-order valence-corrected chi connectivity index (χ3v) is 7.20. The first kappa shape index (κ1) is 34.3. The van der Waals surface area contributed by atoms with Crippen molar-refractivity contribution in [1.29, 1.82) is 0 Å². The van der Waals surface area contributed by atoms with E-state index in [1.165, 1.54) is 37.4 Å². The third kappa shape index (κ3) is 7.62. The number of likely N-dealkylation sites (N-methyl/N-ethyl adjacent to an activating group) is 2. The van der Waals surface area contributed by atoms with E-state index in [9.17, 15) is 19.7 Å². The zero-order valence-electron chi connectivity index (χ0n) is 28.0. The normalized spacial score (nSPS) is 11.2. The molecule has 2 heterocycles. The molecule has 0 saturated carbocycles. The number of nitro benzene ring substituents is 1. The molecule has 4 aromatic rings. The molecule has 0 aliphatic heterocycles. The van der Waals surface area contributed by atoms with Gasteiger partial charge in [0.1, 0.15) is 22.6 Å². The van der Waals surface area contributed by atoms with E-state index < -0.39 is 22.6 Å². The van der Waals surface area contributed by atoms with Gasteiger partial charge >= 0.3 is 12.1 Å². The van der Waals surface area contributed by atoms with Crippen molar-refractivity contribution in [2.24, 2.45) is 0 Å². The van der Waals surface area contributed by atoms with Crippen molar-refractivity contribution in [3.63, 3.8) is 0 Å². The second kappa shape index (κ2) is 13.8. The fourth-order valence-electron chi connectivity index (χ4n) is 4.84. The van der Waals surface area contributed by atoms with E-state index in [4.69, 9.17) is 14.2 Å². The molecule has 0 atom stereocenters. The number of nitrogens with one attached hydrogen (secondary N) is 1. The molecule has 0 spiro atoms. The molecule has 0 saturated heterocycles. The zero-order valence-corrected chi connectivity index (χ0v) is 28.0. The summed E-state index contributed by atoms with van der Waals surface area (Å²) in [5, 5.41) is 18.0. The summed E-state index contributed by atoms with van der Waals surface area (Å²) in [6.45, 7) is 5.85. The molecule has 2 aromatic carbocycles. The number of methoxy groups -OCH3 is 2. The van der Waals surface area contributed by atoms with Crippen LogP contribution in [0.5, 0.6) is 5.75 Å². The molecule has 1 amide bonds. The highest BCUT2D eigenvalue weighted by Gasteiger charge is 2.26. The zero-order chi connectivity index (χ0) is 34.6. The maximum Gasteiger partial charge on any atom is 0.410 e. The largest absolute Gasteiger partial charge is 0.494 e. The second-order valence-electron chi connectivity index (χ2n) is 11.9. The van der Waals surface area contributed by atoms with Crippen LogP contribution < -0.4 is 20.0 Å². The number of hydrogen-bond acceptors (Lipinski definition) is 12. The number of carbonyl (C=O) groups is 2. The fraction of sp³-hybridized carbons (Fsp3) is 0.375. The van der Waals surface area contributed by atoms with Crippen LogP contribution in [0.15, 0.2) is 48.8 Å². The number of rotatable bonds is 11. The number of ether oxygens (including phenoxy) is 3. The summed E-state index contributed by atoms with van der Waals surface area (Å²) in [4.78, 5) is 49.0. The van der Waals surface area contributed by atoms with Gasteiger partial charge in [-0.05, 0) is 26.8 Å². The maximum absolute atomic E-state index is 12.8. The van der Waals surface area contributed by atoms with Crippen LogP contribution >= 0.6 is 0 Å². The van der Waals surface area contributed by atoms with Crippen LogP contribution in [-0.4, -0.2) is 97.6 Å². The SMILES string of the molecule is COC(=O)c1cnc(Nc2cc([N+](=O)[O-])c(N(C)CCN(C)C(=O)OC(C)(C)C)cc2OC)nc1-c1cn(N(C)C)c2ccccc12. The number of anilines is 3. The first-order chi connectivity index (χ1) is 22.1. The van der Waals surface area contributed by atoms with Gasteiger partial charge in [0.2, 0.25) is 5.95 Å². The third-order valence-electron chi connectivity index (χ3n) is 7.20. The lowest BCUT2D eigenvalue weighted by molar-refractivity contribution is -0.384. The van der Waals surface area contributed by atoms with E-state index >= 15 is 0 Å². The maximum atomic E-state index is 12.8. The van der Waals surface area contributed by atoms with Crippen LogP contribution in [0, 0.1) is 10.1 Å². The van der Waals surface area contributed by atoms with Gasteiger partial charge in [-0.3, -0.25) is 14.8 Å². The molecule has 0 aliphatic carbocycles. The number of fused-ring (bicyclic) bond motifs is 1. The Morgan fingerprint density at radius 3 is 2.38 bits per heavy atom. The predicted molar refractivity (Wildman–Crippen MR) is 179 cm³/mol. The van der Waals surface area contributed by atoms with Crippen LogP contribution in [0.25, 0.3) is 22.2 Å². The van der Waals surface area contributed by atoms with Crippen molar-refractivity contribution in [3.8, 4) is 17.0 Å². The molecule has 47 heavy (non-hydrogen) atoms. The first-order valence-corrected chi connectivity index (χ1v) is 14.7. The quantitative estimate of drug-likeness (QED) is 0.131. The number of carbonyl (C=O) groups excluding carboxylic acids is 2. The molecule has 0 aliphatic rings. The monoisotopic (exact) mass is 648 g/mol. The van der Waals surface area contributed by atoms with Crippen molar-refractivity contribution < 1.29 is 28.7 Å². The van der Waals surface area contributed by atoms with Gasteiger partial charge in [-0.2, -0.15) is 0 Å². The minimum Gasteiger partial charge on any atom is -0.494 e. The van der Waals surface area contributed by atoms with E-state index in [0.717, 1.165) is 10.9 Å². The highest BCUT2D eigenvalue weighted by molar-refractivity contribution is 6.03. The van der Waals surface area contributed by atoms with E-state index in [1.807, 2.05) is 54.2 Å². The molecular weight excluding hydrogens is 608 g/mol. The molecule has 250 valence electrons. The molecule has 2 aromatic heterocycles. The van der Waals surface area contributed by atoms with E-state index in [0.29, 0.717) is 11.3 Å². The van der Waals surface area contributed by atoms with E-state index in [2.05, 4.69) is 15.3 Å². The summed E-state index contributed by atoms with van der Waals surface area (Å²) >= 11 is 0. The Morgan fingerprint density at radius 2 is 1.77 bits per heavy atom. The number of nitrogens with zero attached hydrogens (tertiary/aromatic N) is 7. The number of para-hydroxylation sites is 1. The minimum absolute atomic E-state index is 0.0713. The van der Waals surface area contributed by atoms with Crippen LogP contribution in [0.3, 0.4) is 0 Å². The Bertz CT molecular complexity index is 1800. The van der Waals surface area contributed by atoms with Crippen molar-refractivity contribution in [2.75, 3.05) is 70.7 Å². The molecule has 0 unspecified atom stereocenters. The van der Waals surface area contributed by atoms with Gasteiger partial charge in [-0.1, -0.05) is 18.2 Å². The summed E-state index contributed by atoms with van der Waals surface area (Å²) < 4.78 is 17.9. The van der Waals surface area contributed by atoms with Gasteiger partial charge < -0.3 is 34.3 Å². The van der Waals surface area contributed by atoms with Crippen LogP contribution in [0.2, 0.25) is 0 Å². The van der Waals surface area contributed by atoms with Crippen LogP contribution in [0.1, 0.15) is 31.1 Å². The van der Waals surface area contributed by atoms with Gasteiger partial charge in [-0.25, -0.2) is 19.6 Å². The highest BCUT2D eigenvalue weighted by atomic mass is 16.6. The number of nitro groups is 1. The smallest absolute Gasteiger partial charge is 0.410 e. The Hall–Kier alpha value is -5.60. The van der Waals surface area contributed by atoms with Crippen molar-refractivity contribution in [3.05, 3.63) is 64.5 Å². The predicted octanol–water partition coefficient (Wildman–Crippen LogP) is 5.05. The Kier molecular flexibility index (Phi) is 10.1. The minimum atomic E-state index is -0.651. The summed E-state index contributed by atoms with van der Waals surface area (Å²) in [5.41, 5.74) is 1.65. The summed E-state index contributed by atoms with van der Waals surface area (Å²) in [6.07, 6.45) is 2.71. The van der Waals surface area contributed by atoms with E-state index in [-0.39, 0.29) is 47.4 Å². The fourth-order valence-corrected chi connectivity index (χ4v) is 4.84. The lowest BCUT2D eigenvalue weighted by atomic mass is 10.1. The second-order valence-corrected chi connectivity index (χ2v) is 11.9. The average Bonchev–Trinajstić information content (AvgIpc) is 3.42. The number of benzene rings is 2. The molecule has 15 heteroatoms. The van der Waals surface area contributed by atoms with Gasteiger partial charge in [0.05, 0.1) is 36.0 Å². The highest BCUT2D eigenvalue weighted by Crippen LogP contribution is 2.39. The molecule has 15 nitrogen and oxygen atoms in total. The lowest BCUT2D eigenvalue weighted by Gasteiger charge is -2.27. The Labute approximate surface area is 272 Å². The van der Waals surface area contributed by atoms with Gasteiger partial charge in [0.15, 0.2) is 0 Å². The van der Waals surface area contributed by atoms with Gasteiger partial charge in [0, 0.05) is 76.8 Å². The standard InChI is InChI=1S/C32H40N8O7/c1-32(2,3)47-31(42)38(7)15-14-37(6)25-17-27(45-8)23(16-26(25)40(43)44)34-30-33-18-21(29(41)46-9)28(35-30)22-19-39(36(4)5)24-13-11-10-12-20(22)24/h10-13,16-19H,14-15H2,1-9H3,(H,33,34,35). The van der Waals surface area contributed by atoms with Gasteiger partial charge in [0.25, 0.3) is 5.69 Å². The topological polar surface area (TPSA) is 157 Å². The van der Waals surface area contributed by atoms with Crippen molar-refractivity contribution >= 4 is 46.0 Å². The Balaban J connectivity index is 1.71. The average molecular weight is 649 g/mol. The molecule has 0 fully saturated rings. The van der Waals surface area contributed by atoms with E-state index in [1.54, 1.807) is 39.8 Å². The number of amides is 1. The summed E-state index contributed by atoms with van der Waals surface area (Å²) in [7, 11) is 9.79. The molecular formula is C32H40N8O7. The lowest BCUT2D eigenvalue weighted by Crippen LogP contribution is -2.38. The number of aromatic nitrogens is 3. The Morgan fingerprint density at radius 1 is 1.06 bits per heavy atom. The molecule has 1 N–H and O–H groups in total. The van der Waals surface area contributed by atoms with Crippen molar-refractivity contribution in [1.82, 2.24) is 19.5 Å². The molecule has 0 radical (unpaired) electrons. The summed E-state index contributed by atoms with van der Waals surface area (Å²) in [5.74, 6) is -0.266. The van der Waals surface area contributed by atoms with Crippen LogP contribution in [-0.2, 0) is 9.47 Å². The number of hydrogen-bond donors (Lipinski definition) is 1. The first-order valence-electron chi connectivity index (χ1n) is 14.7. The molecule has 0 bridgehead atoms.